The fraction of sp³-hybridized carbons (Fsp3) is 0.300. The summed E-state index contributed by atoms with van der Waals surface area (Å²) in [6, 6.07) is 11.8. The Bertz CT molecular complexity index is 994. The zero-order valence-electron chi connectivity index (χ0n) is 15.7. The molecule has 2 fully saturated rings. The maximum Gasteiger partial charge on any atom is 0.269 e. The van der Waals surface area contributed by atoms with Crippen molar-refractivity contribution in [2.24, 2.45) is 5.92 Å². The highest BCUT2D eigenvalue weighted by atomic mass is 35.5. The Morgan fingerprint density at radius 1 is 1.10 bits per heavy atom. The SMILES string of the molecule is CC(C)N1C(=O)[C@@H]2[C@H](ON(c3ccc(Cl)cc3)[C@@H]2c2cccc([N+](=O)[O-])c2)C1=O. The van der Waals surface area contributed by atoms with Crippen LogP contribution in [0.2, 0.25) is 5.02 Å². The van der Waals surface area contributed by atoms with Crippen molar-refractivity contribution in [3.05, 3.63) is 69.2 Å². The minimum absolute atomic E-state index is 0.0977. The number of carbonyl (C=O) groups excluding carboxylic acids is 2. The summed E-state index contributed by atoms with van der Waals surface area (Å²) in [5.74, 6) is -1.55. The number of non-ortho nitro benzene ring substituents is 1. The number of nitrogens with zero attached hydrogens (tertiary/aromatic N) is 3. The van der Waals surface area contributed by atoms with E-state index in [4.69, 9.17) is 16.4 Å². The van der Waals surface area contributed by atoms with E-state index in [-0.39, 0.29) is 17.6 Å². The van der Waals surface area contributed by atoms with E-state index in [0.29, 0.717) is 16.3 Å². The number of fused-ring (bicyclic) bond motifs is 1. The number of hydrogen-bond donors (Lipinski definition) is 0. The number of hydroxylamine groups is 1. The lowest BCUT2D eigenvalue weighted by atomic mass is 9.90. The van der Waals surface area contributed by atoms with Gasteiger partial charge < -0.3 is 0 Å². The Kier molecular flexibility index (Phi) is 4.76. The molecular formula is C20H18ClN3O5. The first-order valence-electron chi connectivity index (χ1n) is 9.12. The smallest absolute Gasteiger partial charge is 0.269 e. The van der Waals surface area contributed by atoms with Crippen LogP contribution < -0.4 is 5.06 Å². The van der Waals surface area contributed by atoms with E-state index < -0.39 is 28.9 Å². The molecule has 0 aliphatic carbocycles. The molecule has 0 bridgehead atoms. The van der Waals surface area contributed by atoms with Crippen molar-refractivity contribution in [1.29, 1.82) is 0 Å². The molecule has 2 aromatic rings. The molecule has 0 spiro atoms. The largest absolute Gasteiger partial charge is 0.277 e. The van der Waals surface area contributed by atoms with Gasteiger partial charge in [0.2, 0.25) is 5.91 Å². The van der Waals surface area contributed by atoms with E-state index in [1.165, 1.54) is 22.1 Å². The first-order chi connectivity index (χ1) is 13.8. The fourth-order valence-electron chi connectivity index (χ4n) is 3.92. The average molecular weight is 416 g/mol. The van der Waals surface area contributed by atoms with Crippen LogP contribution in [0.3, 0.4) is 0 Å². The Labute approximate surface area is 171 Å². The second kappa shape index (κ2) is 7.13. The first kappa shape index (κ1) is 19.4. The molecule has 2 saturated heterocycles. The summed E-state index contributed by atoms with van der Waals surface area (Å²) < 4.78 is 0. The molecule has 0 saturated carbocycles. The van der Waals surface area contributed by atoms with E-state index in [2.05, 4.69) is 0 Å². The zero-order valence-corrected chi connectivity index (χ0v) is 16.4. The van der Waals surface area contributed by atoms with Crippen molar-refractivity contribution < 1.29 is 19.3 Å². The molecule has 9 heteroatoms. The summed E-state index contributed by atoms with van der Waals surface area (Å²) >= 11 is 5.97. The highest BCUT2D eigenvalue weighted by molar-refractivity contribution is 6.30. The second-order valence-electron chi connectivity index (χ2n) is 7.29. The number of imide groups is 1. The highest BCUT2D eigenvalue weighted by Gasteiger charge is 2.60. The molecule has 2 amide bonds. The van der Waals surface area contributed by atoms with Gasteiger partial charge in [-0.1, -0.05) is 23.7 Å². The van der Waals surface area contributed by atoms with Crippen LogP contribution in [0.4, 0.5) is 11.4 Å². The van der Waals surface area contributed by atoms with Gasteiger partial charge in [-0.15, -0.1) is 0 Å². The standard InChI is InChI=1S/C20H18ClN3O5/c1-11(2)22-19(25)16-17(12-4-3-5-15(10-12)24(27)28)23(29-18(16)20(22)26)14-8-6-13(21)7-9-14/h3-11,16-18H,1-2H3/t16-,17+,18-/m0/s1. The number of carbonyl (C=O) groups is 2. The topological polar surface area (TPSA) is 93.0 Å². The molecule has 2 aliphatic heterocycles. The third-order valence-corrected chi connectivity index (χ3v) is 5.42. The molecule has 0 radical (unpaired) electrons. The number of benzene rings is 2. The normalized spacial score (nSPS) is 23.8. The zero-order chi connectivity index (χ0) is 20.9. The summed E-state index contributed by atoms with van der Waals surface area (Å²) in [5, 5.41) is 13.3. The van der Waals surface area contributed by atoms with Crippen LogP contribution in [0.5, 0.6) is 0 Å². The molecule has 0 N–H and O–H groups in total. The number of hydrogen-bond acceptors (Lipinski definition) is 6. The number of nitro benzene ring substituents is 1. The molecule has 0 unspecified atom stereocenters. The Morgan fingerprint density at radius 3 is 2.41 bits per heavy atom. The van der Waals surface area contributed by atoms with Crippen molar-refractivity contribution in [1.82, 2.24) is 4.90 Å². The summed E-state index contributed by atoms with van der Waals surface area (Å²) in [4.78, 5) is 43.9. The predicted molar refractivity (Wildman–Crippen MR) is 105 cm³/mol. The van der Waals surface area contributed by atoms with Crippen molar-refractivity contribution in [3.8, 4) is 0 Å². The summed E-state index contributed by atoms with van der Waals surface area (Å²) in [7, 11) is 0. The second-order valence-corrected chi connectivity index (χ2v) is 7.73. The van der Waals surface area contributed by atoms with Gasteiger partial charge in [0.05, 0.1) is 16.7 Å². The minimum atomic E-state index is -0.982. The molecule has 2 heterocycles. The van der Waals surface area contributed by atoms with Gasteiger partial charge in [-0.2, -0.15) is 0 Å². The van der Waals surface area contributed by atoms with Gasteiger partial charge in [-0.25, -0.2) is 5.06 Å². The predicted octanol–water partition coefficient (Wildman–Crippen LogP) is 3.50. The maximum atomic E-state index is 13.1. The molecule has 0 aromatic heterocycles. The van der Waals surface area contributed by atoms with E-state index in [1.54, 1.807) is 50.2 Å². The highest BCUT2D eigenvalue weighted by Crippen LogP contribution is 2.47. The minimum Gasteiger partial charge on any atom is -0.277 e. The number of nitro groups is 1. The number of likely N-dealkylation sites (tertiary alicyclic amines) is 1. The average Bonchev–Trinajstić information content (AvgIpc) is 3.19. The summed E-state index contributed by atoms with van der Waals surface area (Å²) in [5.41, 5.74) is 1.02. The first-order valence-corrected chi connectivity index (χ1v) is 9.50. The molecule has 3 atom stereocenters. The van der Waals surface area contributed by atoms with Gasteiger partial charge >= 0.3 is 0 Å². The van der Waals surface area contributed by atoms with Crippen LogP contribution in [0.15, 0.2) is 48.5 Å². The van der Waals surface area contributed by atoms with Crippen molar-refractivity contribution >= 4 is 34.8 Å². The van der Waals surface area contributed by atoms with Crippen LogP contribution in [0.25, 0.3) is 0 Å². The maximum absolute atomic E-state index is 13.1. The summed E-state index contributed by atoms with van der Waals surface area (Å²) in [6.45, 7) is 3.52. The Hall–Kier alpha value is -2.97. The van der Waals surface area contributed by atoms with Gasteiger partial charge in [0.1, 0.15) is 5.92 Å². The van der Waals surface area contributed by atoms with E-state index >= 15 is 0 Å². The van der Waals surface area contributed by atoms with Crippen molar-refractivity contribution in [2.45, 2.75) is 32.0 Å². The lowest BCUT2D eigenvalue weighted by Gasteiger charge is -2.29. The van der Waals surface area contributed by atoms with Crippen molar-refractivity contribution in [3.63, 3.8) is 0 Å². The lowest BCUT2D eigenvalue weighted by molar-refractivity contribution is -0.384. The van der Waals surface area contributed by atoms with Crippen LogP contribution in [0.1, 0.15) is 25.5 Å². The van der Waals surface area contributed by atoms with Crippen LogP contribution in [-0.4, -0.2) is 33.8 Å². The van der Waals surface area contributed by atoms with E-state index in [1.807, 2.05) is 0 Å². The van der Waals surface area contributed by atoms with Crippen molar-refractivity contribution in [2.75, 3.05) is 5.06 Å². The quantitative estimate of drug-likeness (QED) is 0.431. The van der Waals surface area contributed by atoms with Crippen LogP contribution in [-0.2, 0) is 14.4 Å². The Balaban J connectivity index is 1.82. The van der Waals surface area contributed by atoms with Gasteiger partial charge in [0, 0.05) is 23.2 Å². The molecule has 150 valence electrons. The van der Waals surface area contributed by atoms with Gasteiger partial charge in [0.15, 0.2) is 6.10 Å². The molecule has 2 aromatic carbocycles. The third-order valence-electron chi connectivity index (χ3n) is 5.17. The summed E-state index contributed by atoms with van der Waals surface area (Å²) in [6.07, 6.45) is -0.982. The molecule has 29 heavy (non-hydrogen) atoms. The molecule has 2 aliphatic rings. The molecular weight excluding hydrogens is 398 g/mol. The van der Waals surface area contributed by atoms with Crippen LogP contribution >= 0.6 is 11.6 Å². The third kappa shape index (κ3) is 3.14. The monoisotopic (exact) mass is 415 g/mol. The molecule has 8 nitrogen and oxygen atoms in total. The van der Waals surface area contributed by atoms with E-state index in [0.717, 1.165) is 0 Å². The number of amides is 2. The van der Waals surface area contributed by atoms with Gasteiger partial charge in [0.25, 0.3) is 11.6 Å². The van der Waals surface area contributed by atoms with E-state index in [9.17, 15) is 19.7 Å². The Morgan fingerprint density at radius 2 is 1.79 bits per heavy atom. The van der Waals surface area contributed by atoms with Gasteiger partial charge in [-0.05, 0) is 43.7 Å². The van der Waals surface area contributed by atoms with Gasteiger partial charge in [-0.3, -0.25) is 29.4 Å². The number of halogens is 1. The molecule has 4 rings (SSSR count). The number of rotatable bonds is 4. The van der Waals surface area contributed by atoms with Crippen LogP contribution in [0, 0.1) is 16.0 Å². The lowest BCUT2D eigenvalue weighted by Crippen LogP contribution is -2.41. The fourth-order valence-corrected chi connectivity index (χ4v) is 4.04. The number of anilines is 1.